The number of hydrogen-bond donors (Lipinski definition) is 2. The molecule has 1 amide bonds. The maximum absolute atomic E-state index is 11.6. The number of hydrogen-bond acceptors (Lipinski definition) is 2. The molecule has 2 aromatic rings. The zero-order valence-electron chi connectivity index (χ0n) is 11.4. The number of nitrogens with two attached hydrogens (primary N) is 1. The Morgan fingerprint density at radius 3 is 2.47 bits per heavy atom. The maximum atomic E-state index is 11.6. The summed E-state index contributed by atoms with van der Waals surface area (Å²) in [6.07, 6.45) is 0. The van der Waals surface area contributed by atoms with Crippen LogP contribution in [0.1, 0.15) is 25.5 Å². The molecule has 0 saturated heterocycles. The summed E-state index contributed by atoms with van der Waals surface area (Å²) < 4.78 is 0. The Morgan fingerprint density at radius 1 is 1.16 bits per heavy atom. The van der Waals surface area contributed by atoms with Gasteiger partial charge in [-0.1, -0.05) is 50.2 Å². The molecule has 0 heterocycles. The zero-order chi connectivity index (χ0) is 13.8. The van der Waals surface area contributed by atoms with Crippen LogP contribution in [0.2, 0.25) is 0 Å². The Labute approximate surface area is 113 Å². The van der Waals surface area contributed by atoms with Crippen molar-refractivity contribution in [3.05, 3.63) is 48.0 Å². The number of rotatable bonds is 5. The summed E-state index contributed by atoms with van der Waals surface area (Å²) in [6.45, 7) is 4.97. The van der Waals surface area contributed by atoms with Crippen molar-refractivity contribution in [2.45, 2.75) is 19.9 Å². The second kappa shape index (κ2) is 5.85. The molecule has 2 rings (SSSR count). The SMILES string of the molecule is CC(C)CNC(C(N)=O)c1ccc2ccccc2c1. The highest BCUT2D eigenvalue weighted by atomic mass is 16.1. The highest BCUT2D eigenvalue weighted by Gasteiger charge is 2.17. The molecule has 0 aliphatic carbocycles. The van der Waals surface area contributed by atoms with Crippen LogP contribution in [0.15, 0.2) is 42.5 Å². The highest BCUT2D eigenvalue weighted by molar-refractivity contribution is 5.86. The number of nitrogens with one attached hydrogen (secondary N) is 1. The smallest absolute Gasteiger partial charge is 0.239 e. The molecule has 0 aromatic heterocycles. The average molecular weight is 256 g/mol. The van der Waals surface area contributed by atoms with Crippen molar-refractivity contribution in [1.29, 1.82) is 0 Å². The predicted molar refractivity (Wildman–Crippen MR) is 78.7 cm³/mol. The summed E-state index contributed by atoms with van der Waals surface area (Å²) >= 11 is 0. The lowest BCUT2D eigenvalue weighted by Crippen LogP contribution is -2.35. The lowest BCUT2D eigenvalue weighted by molar-refractivity contribution is -0.120. The highest BCUT2D eigenvalue weighted by Crippen LogP contribution is 2.20. The summed E-state index contributed by atoms with van der Waals surface area (Å²) in [5, 5.41) is 5.51. The largest absolute Gasteiger partial charge is 0.368 e. The molecule has 3 heteroatoms. The fourth-order valence-electron chi connectivity index (χ4n) is 2.12. The number of carbonyl (C=O) groups excluding carboxylic acids is 1. The van der Waals surface area contributed by atoms with Crippen molar-refractivity contribution in [1.82, 2.24) is 5.32 Å². The number of benzene rings is 2. The second-order valence-electron chi connectivity index (χ2n) is 5.24. The zero-order valence-corrected chi connectivity index (χ0v) is 11.4. The van der Waals surface area contributed by atoms with Crippen LogP contribution in [0.4, 0.5) is 0 Å². The van der Waals surface area contributed by atoms with Crippen molar-refractivity contribution >= 4 is 16.7 Å². The van der Waals surface area contributed by atoms with Crippen LogP contribution in [-0.4, -0.2) is 12.5 Å². The van der Waals surface area contributed by atoms with E-state index in [1.54, 1.807) is 0 Å². The van der Waals surface area contributed by atoms with Crippen molar-refractivity contribution in [3.63, 3.8) is 0 Å². The van der Waals surface area contributed by atoms with Gasteiger partial charge in [0.1, 0.15) is 6.04 Å². The van der Waals surface area contributed by atoms with Gasteiger partial charge < -0.3 is 11.1 Å². The molecule has 100 valence electrons. The van der Waals surface area contributed by atoms with Gasteiger partial charge in [-0.25, -0.2) is 0 Å². The number of amides is 1. The average Bonchev–Trinajstić information content (AvgIpc) is 2.38. The molecule has 0 bridgehead atoms. The van der Waals surface area contributed by atoms with Crippen LogP contribution in [-0.2, 0) is 4.79 Å². The summed E-state index contributed by atoms with van der Waals surface area (Å²) in [7, 11) is 0. The van der Waals surface area contributed by atoms with E-state index in [1.165, 1.54) is 5.39 Å². The van der Waals surface area contributed by atoms with Gasteiger partial charge in [0.05, 0.1) is 0 Å². The number of carbonyl (C=O) groups is 1. The fourth-order valence-corrected chi connectivity index (χ4v) is 2.12. The molecular weight excluding hydrogens is 236 g/mol. The van der Waals surface area contributed by atoms with E-state index in [1.807, 2.05) is 36.4 Å². The Morgan fingerprint density at radius 2 is 1.84 bits per heavy atom. The molecular formula is C16H20N2O. The Kier molecular flexibility index (Phi) is 4.17. The molecule has 0 radical (unpaired) electrons. The van der Waals surface area contributed by atoms with E-state index in [2.05, 4.69) is 25.2 Å². The molecule has 1 atom stereocenters. The van der Waals surface area contributed by atoms with Gasteiger partial charge in [0.2, 0.25) is 5.91 Å². The minimum Gasteiger partial charge on any atom is -0.368 e. The normalized spacial score (nSPS) is 12.8. The van der Waals surface area contributed by atoms with Gasteiger partial charge in [-0.15, -0.1) is 0 Å². The van der Waals surface area contributed by atoms with Crippen LogP contribution in [0.5, 0.6) is 0 Å². The van der Waals surface area contributed by atoms with E-state index in [9.17, 15) is 4.79 Å². The van der Waals surface area contributed by atoms with Gasteiger partial charge >= 0.3 is 0 Å². The third-order valence-electron chi connectivity index (χ3n) is 3.12. The van der Waals surface area contributed by atoms with Crippen LogP contribution < -0.4 is 11.1 Å². The van der Waals surface area contributed by atoms with Crippen molar-refractivity contribution in [2.24, 2.45) is 11.7 Å². The standard InChI is InChI=1S/C16H20N2O/c1-11(2)10-18-15(16(17)19)14-8-7-12-5-3-4-6-13(12)9-14/h3-9,11,15,18H,10H2,1-2H3,(H2,17,19). The van der Waals surface area contributed by atoms with Crippen LogP contribution in [0, 0.1) is 5.92 Å². The third kappa shape index (κ3) is 3.32. The van der Waals surface area contributed by atoms with Crippen molar-refractivity contribution in [3.8, 4) is 0 Å². The van der Waals surface area contributed by atoms with E-state index >= 15 is 0 Å². The van der Waals surface area contributed by atoms with Crippen LogP contribution in [0.25, 0.3) is 10.8 Å². The number of fused-ring (bicyclic) bond motifs is 1. The van der Waals surface area contributed by atoms with Gasteiger partial charge in [0.25, 0.3) is 0 Å². The minimum absolute atomic E-state index is 0.337. The molecule has 0 fully saturated rings. The summed E-state index contributed by atoms with van der Waals surface area (Å²) in [4.78, 5) is 11.6. The molecule has 3 nitrogen and oxygen atoms in total. The Balaban J connectivity index is 2.30. The second-order valence-corrected chi connectivity index (χ2v) is 5.24. The first-order chi connectivity index (χ1) is 9.08. The van der Waals surface area contributed by atoms with Gasteiger partial charge in [-0.2, -0.15) is 0 Å². The van der Waals surface area contributed by atoms with Gasteiger partial charge in [0.15, 0.2) is 0 Å². The fraction of sp³-hybridized carbons (Fsp3) is 0.312. The van der Waals surface area contributed by atoms with Gasteiger partial charge in [-0.05, 0) is 34.9 Å². The molecule has 0 aliphatic heterocycles. The van der Waals surface area contributed by atoms with Crippen molar-refractivity contribution in [2.75, 3.05) is 6.54 Å². The Bertz CT molecular complexity index is 578. The molecule has 0 aliphatic rings. The maximum Gasteiger partial charge on any atom is 0.239 e. The van der Waals surface area contributed by atoms with E-state index in [4.69, 9.17) is 5.73 Å². The molecule has 3 N–H and O–H groups in total. The first kappa shape index (κ1) is 13.6. The predicted octanol–water partition coefficient (Wildman–Crippen LogP) is 2.61. The third-order valence-corrected chi connectivity index (χ3v) is 3.12. The first-order valence-corrected chi connectivity index (χ1v) is 6.59. The van der Waals surface area contributed by atoms with E-state index in [0.29, 0.717) is 5.92 Å². The number of primary amides is 1. The molecule has 19 heavy (non-hydrogen) atoms. The summed E-state index contributed by atoms with van der Waals surface area (Å²) in [5.41, 5.74) is 6.42. The topological polar surface area (TPSA) is 55.1 Å². The quantitative estimate of drug-likeness (QED) is 0.864. The van der Waals surface area contributed by atoms with E-state index in [-0.39, 0.29) is 5.91 Å². The van der Waals surface area contributed by atoms with Crippen LogP contribution >= 0.6 is 0 Å². The Hall–Kier alpha value is -1.87. The van der Waals surface area contributed by atoms with Gasteiger partial charge in [0, 0.05) is 0 Å². The van der Waals surface area contributed by atoms with Crippen molar-refractivity contribution < 1.29 is 4.79 Å². The molecule has 1 unspecified atom stereocenters. The van der Waals surface area contributed by atoms with Gasteiger partial charge in [-0.3, -0.25) is 4.79 Å². The molecule has 2 aromatic carbocycles. The van der Waals surface area contributed by atoms with Crippen LogP contribution in [0.3, 0.4) is 0 Å². The first-order valence-electron chi connectivity index (χ1n) is 6.59. The lowest BCUT2D eigenvalue weighted by Gasteiger charge is -2.17. The van der Waals surface area contributed by atoms with E-state index < -0.39 is 6.04 Å². The molecule has 0 spiro atoms. The summed E-state index contributed by atoms with van der Waals surface area (Å²) in [5.74, 6) is 0.137. The summed E-state index contributed by atoms with van der Waals surface area (Å²) in [6, 6.07) is 13.7. The minimum atomic E-state index is -0.424. The molecule has 0 saturated carbocycles. The monoisotopic (exact) mass is 256 g/mol. The van der Waals surface area contributed by atoms with E-state index in [0.717, 1.165) is 17.5 Å². The lowest BCUT2D eigenvalue weighted by atomic mass is 10.0.